The van der Waals surface area contributed by atoms with Crippen molar-refractivity contribution in [1.82, 2.24) is 4.98 Å². The third-order valence-corrected chi connectivity index (χ3v) is 6.68. The summed E-state index contributed by atoms with van der Waals surface area (Å²) in [5, 5.41) is 9.38. The van der Waals surface area contributed by atoms with Crippen LogP contribution >= 0.6 is 0 Å². The molecule has 1 unspecified atom stereocenters. The Kier molecular flexibility index (Phi) is 7.15. The molecule has 35 heavy (non-hydrogen) atoms. The molecule has 3 aromatic rings. The highest BCUT2D eigenvalue weighted by Gasteiger charge is 2.36. The van der Waals surface area contributed by atoms with Crippen LogP contribution in [0.25, 0.3) is 22.4 Å². The summed E-state index contributed by atoms with van der Waals surface area (Å²) < 4.78 is 11.1. The van der Waals surface area contributed by atoms with Crippen molar-refractivity contribution >= 4 is 11.6 Å². The van der Waals surface area contributed by atoms with Gasteiger partial charge in [-0.15, -0.1) is 0 Å². The number of methoxy groups -OCH3 is 1. The zero-order valence-corrected chi connectivity index (χ0v) is 20.3. The Morgan fingerprint density at radius 2 is 1.80 bits per heavy atom. The van der Waals surface area contributed by atoms with Gasteiger partial charge in [-0.25, -0.2) is 4.98 Å². The van der Waals surface area contributed by atoms with Crippen molar-refractivity contribution in [3.05, 3.63) is 66.2 Å². The van der Waals surface area contributed by atoms with Gasteiger partial charge in [-0.3, -0.25) is 9.69 Å². The second-order valence-corrected chi connectivity index (χ2v) is 8.66. The van der Waals surface area contributed by atoms with Gasteiger partial charge in [0.1, 0.15) is 12.2 Å². The van der Waals surface area contributed by atoms with Gasteiger partial charge in [0.05, 0.1) is 18.4 Å². The lowest BCUT2D eigenvalue weighted by Gasteiger charge is -2.33. The Labute approximate surface area is 206 Å². The predicted molar refractivity (Wildman–Crippen MR) is 136 cm³/mol. The highest BCUT2D eigenvalue weighted by molar-refractivity contribution is 6.01. The summed E-state index contributed by atoms with van der Waals surface area (Å²) in [7, 11) is 1.50. The van der Waals surface area contributed by atoms with Crippen LogP contribution in [-0.2, 0) is 15.1 Å². The van der Waals surface area contributed by atoms with Crippen LogP contribution in [0.1, 0.15) is 32.3 Å². The number of hydrogen-bond donors (Lipinski definition) is 1. The molecule has 1 amide bonds. The van der Waals surface area contributed by atoms with Crippen molar-refractivity contribution < 1.29 is 14.3 Å². The minimum Gasteiger partial charge on any atom is -0.460 e. The highest BCUT2D eigenvalue weighted by Crippen LogP contribution is 2.41. The Hall–Kier alpha value is -3.73. The zero-order valence-electron chi connectivity index (χ0n) is 20.3. The van der Waals surface area contributed by atoms with Gasteiger partial charge in [-0.05, 0) is 30.0 Å². The molecule has 1 atom stereocenters. The number of ether oxygens (including phenoxy) is 2. The van der Waals surface area contributed by atoms with Gasteiger partial charge in [-0.2, -0.15) is 5.26 Å². The number of pyridine rings is 1. The first-order valence-electron chi connectivity index (χ1n) is 11.8. The first-order chi connectivity index (χ1) is 17.0. The first-order valence-corrected chi connectivity index (χ1v) is 11.8. The van der Waals surface area contributed by atoms with Crippen molar-refractivity contribution in [1.29, 1.82) is 5.26 Å². The summed E-state index contributed by atoms with van der Waals surface area (Å²) in [5.74, 6) is -0.0202. The molecule has 4 rings (SSSR count). The number of aromatic nitrogens is 1. The largest absolute Gasteiger partial charge is 0.460 e. The fourth-order valence-corrected chi connectivity index (χ4v) is 4.41. The minimum absolute atomic E-state index is 0.0684. The lowest BCUT2D eigenvalue weighted by atomic mass is 9.85. The molecule has 180 valence electrons. The summed E-state index contributed by atoms with van der Waals surface area (Å²) in [5.41, 5.74) is 11.2. The minimum atomic E-state index is -0.863. The maximum absolute atomic E-state index is 13.0. The molecule has 0 saturated carbocycles. The molecular formula is C28H30N4O3. The van der Waals surface area contributed by atoms with Gasteiger partial charge < -0.3 is 15.2 Å². The molecular weight excluding hydrogens is 440 g/mol. The Bertz CT molecular complexity index is 1230. The van der Waals surface area contributed by atoms with E-state index in [0.29, 0.717) is 11.6 Å². The smallest absolute Gasteiger partial charge is 0.271 e. The van der Waals surface area contributed by atoms with Crippen LogP contribution in [0.4, 0.5) is 5.69 Å². The van der Waals surface area contributed by atoms with Crippen LogP contribution in [0.5, 0.6) is 5.88 Å². The van der Waals surface area contributed by atoms with E-state index in [0.717, 1.165) is 40.8 Å². The number of rotatable bonds is 8. The van der Waals surface area contributed by atoms with Crippen LogP contribution < -0.4 is 15.4 Å². The molecule has 1 aliphatic heterocycles. The number of benzene rings is 2. The second-order valence-electron chi connectivity index (χ2n) is 8.66. The van der Waals surface area contributed by atoms with Crippen molar-refractivity contribution in [2.45, 2.75) is 38.3 Å². The Morgan fingerprint density at radius 3 is 2.40 bits per heavy atom. The summed E-state index contributed by atoms with van der Waals surface area (Å²) in [6.07, 6.45) is 0.817. The number of hydrogen-bond acceptors (Lipinski definition) is 6. The van der Waals surface area contributed by atoms with E-state index in [1.807, 2.05) is 48.5 Å². The zero-order chi connectivity index (χ0) is 25.0. The molecule has 0 radical (unpaired) electrons. The topological polar surface area (TPSA) is 101 Å². The predicted octanol–water partition coefficient (Wildman–Crippen LogP) is 4.65. The maximum atomic E-state index is 13.0. The molecule has 0 aliphatic carbocycles. The van der Waals surface area contributed by atoms with Crippen LogP contribution in [0, 0.1) is 11.3 Å². The maximum Gasteiger partial charge on any atom is 0.271 e. The van der Waals surface area contributed by atoms with E-state index < -0.39 is 6.10 Å². The Balaban J connectivity index is 1.88. The lowest BCUT2D eigenvalue weighted by molar-refractivity contribution is -0.128. The van der Waals surface area contributed by atoms with E-state index >= 15 is 0 Å². The van der Waals surface area contributed by atoms with E-state index in [1.165, 1.54) is 12.0 Å². The summed E-state index contributed by atoms with van der Waals surface area (Å²) in [6, 6.07) is 22.0. The molecule has 0 bridgehead atoms. The standard InChI is InChI=1S/C28H30N4O3/c1-4-28(30,5-2)21-13-11-20(12-14-21)25-22(19-9-7-6-8-10-19)17-23-26(31-25)35-24(18-34-3)27(33)32(23)16-15-29/h6-14,17,24H,4-5,16,18,30H2,1-3H3. The van der Waals surface area contributed by atoms with E-state index in [1.54, 1.807) is 0 Å². The summed E-state index contributed by atoms with van der Waals surface area (Å²) in [6.45, 7) is 4.15. The van der Waals surface area contributed by atoms with Crippen molar-refractivity contribution in [2.24, 2.45) is 5.73 Å². The fourth-order valence-electron chi connectivity index (χ4n) is 4.41. The summed E-state index contributed by atoms with van der Waals surface area (Å²) in [4.78, 5) is 19.3. The lowest BCUT2D eigenvalue weighted by Crippen LogP contribution is -2.48. The molecule has 2 aromatic carbocycles. The third kappa shape index (κ3) is 4.63. The molecule has 1 aromatic heterocycles. The molecule has 0 saturated heterocycles. The van der Waals surface area contributed by atoms with Gasteiger partial charge in [-0.1, -0.05) is 68.4 Å². The molecule has 7 heteroatoms. The van der Waals surface area contributed by atoms with E-state index in [-0.39, 0.29) is 24.6 Å². The van der Waals surface area contributed by atoms with Crippen LogP contribution in [0.2, 0.25) is 0 Å². The SMILES string of the molecule is CCC(N)(CC)c1ccc(-c2nc3c(cc2-c2ccccc2)N(CC#N)C(=O)C(COC)O3)cc1. The number of nitrogens with two attached hydrogens (primary N) is 1. The number of nitriles is 1. The van der Waals surface area contributed by atoms with Gasteiger partial charge in [0.25, 0.3) is 5.91 Å². The van der Waals surface area contributed by atoms with Crippen LogP contribution in [0.3, 0.4) is 0 Å². The molecule has 2 N–H and O–H groups in total. The third-order valence-electron chi connectivity index (χ3n) is 6.68. The van der Waals surface area contributed by atoms with E-state index in [9.17, 15) is 10.1 Å². The van der Waals surface area contributed by atoms with Gasteiger partial charge in [0.15, 0.2) is 0 Å². The van der Waals surface area contributed by atoms with Crippen LogP contribution in [-0.4, -0.2) is 37.3 Å². The highest BCUT2D eigenvalue weighted by atomic mass is 16.5. The summed E-state index contributed by atoms with van der Waals surface area (Å²) >= 11 is 0. The normalized spacial score (nSPS) is 15.3. The Morgan fingerprint density at radius 1 is 1.11 bits per heavy atom. The van der Waals surface area contributed by atoms with Gasteiger partial charge in [0, 0.05) is 23.8 Å². The molecule has 1 aliphatic rings. The van der Waals surface area contributed by atoms with Gasteiger partial charge >= 0.3 is 0 Å². The number of fused-ring (bicyclic) bond motifs is 1. The number of anilines is 1. The van der Waals surface area contributed by atoms with E-state index in [4.69, 9.17) is 20.2 Å². The fraction of sp³-hybridized carbons (Fsp3) is 0.321. The molecule has 2 heterocycles. The van der Waals surface area contributed by atoms with Crippen molar-refractivity contribution in [3.63, 3.8) is 0 Å². The number of amides is 1. The average molecular weight is 471 g/mol. The molecule has 0 spiro atoms. The van der Waals surface area contributed by atoms with Crippen molar-refractivity contribution in [3.8, 4) is 34.3 Å². The number of carbonyl (C=O) groups excluding carboxylic acids is 1. The first kappa shape index (κ1) is 24.4. The van der Waals surface area contributed by atoms with Crippen molar-refractivity contribution in [2.75, 3.05) is 25.2 Å². The number of carbonyl (C=O) groups is 1. The molecule has 7 nitrogen and oxygen atoms in total. The van der Waals surface area contributed by atoms with E-state index in [2.05, 4.69) is 32.0 Å². The van der Waals surface area contributed by atoms with Crippen LogP contribution in [0.15, 0.2) is 60.7 Å². The molecule has 0 fully saturated rings. The second kappa shape index (κ2) is 10.3. The monoisotopic (exact) mass is 470 g/mol. The average Bonchev–Trinajstić information content (AvgIpc) is 2.90. The van der Waals surface area contributed by atoms with Gasteiger partial charge in [0.2, 0.25) is 12.0 Å². The quantitative estimate of drug-likeness (QED) is 0.481. The number of nitrogens with zero attached hydrogens (tertiary/aromatic N) is 3.